The number of carbonyl (C=O) groups is 1. The summed E-state index contributed by atoms with van der Waals surface area (Å²) in [7, 11) is -3.81. The molecule has 2 aromatic carbocycles. The summed E-state index contributed by atoms with van der Waals surface area (Å²) in [6.45, 7) is 8.09. The van der Waals surface area contributed by atoms with E-state index in [1.807, 2.05) is 20.8 Å². The summed E-state index contributed by atoms with van der Waals surface area (Å²) in [6, 6.07) is 8.28. The molecule has 0 bridgehead atoms. The van der Waals surface area contributed by atoms with Gasteiger partial charge in [0.15, 0.2) is 17.5 Å². The number of para-hydroxylation sites is 2. The summed E-state index contributed by atoms with van der Waals surface area (Å²) < 4.78 is 72.0. The van der Waals surface area contributed by atoms with Crippen LogP contribution in [0.25, 0.3) is 0 Å². The van der Waals surface area contributed by atoms with E-state index in [-0.39, 0.29) is 18.3 Å². The minimum atomic E-state index is -3.81. The second-order valence-electron chi connectivity index (χ2n) is 9.38. The number of fused-ring (bicyclic) bond motifs is 1. The van der Waals surface area contributed by atoms with Crippen molar-refractivity contribution in [1.82, 2.24) is 9.80 Å². The molecule has 2 aromatic rings. The van der Waals surface area contributed by atoms with E-state index >= 15 is 0 Å². The van der Waals surface area contributed by atoms with Crippen LogP contribution in [0, 0.1) is 17.5 Å². The van der Waals surface area contributed by atoms with Gasteiger partial charge in [0.25, 0.3) is 0 Å². The van der Waals surface area contributed by atoms with Crippen molar-refractivity contribution < 1.29 is 31.8 Å². The largest absolute Gasteiger partial charge is 0.444 e. The lowest BCUT2D eigenvalue weighted by molar-refractivity contribution is 0.0148. The monoisotopic (exact) mass is 514 g/mol. The molecule has 0 radical (unpaired) electrons. The first-order valence-electron chi connectivity index (χ1n) is 11.2. The van der Waals surface area contributed by atoms with E-state index < -0.39 is 39.7 Å². The quantitative estimate of drug-likeness (QED) is 0.544. The molecule has 12 heteroatoms. The van der Waals surface area contributed by atoms with Gasteiger partial charge in [0.2, 0.25) is 0 Å². The lowest BCUT2D eigenvalue weighted by Crippen LogP contribution is -2.51. The van der Waals surface area contributed by atoms with Crippen LogP contribution < -0.4 is 8.61 Å². The van der Waals surface area contributed by atoms with Crippen molar-refractivity contribution in [2.75, 3.05) is 47.9 Å². The zero-order valence-electron chi connectivity index (χ0n) is 19.7. The molecule has 2 aliphatic rings. The zero-order valence-corrected chi connectivity index (χ0v) is 20.6. The summed E-state index contributed by atoms with van der Waals surface area (Å²) in [6.07, 6.45) is -0.371. The van der Waals surface area contributed by atoms with Gasteiger partial charge in [-0.05, 0) is 56.0 Å². The lowest BCUT2D eigenvalue weighted by Gasteiger charge is -2.44. The Morgan fingerprint density at radius 1 is 0.914 bits per heavy atom. The van der Waals surface area contributed by atoms with Crippen molar-refractivity contribution >= 4 is 34.1 Å². The molecule has 2 aliphatic heterocycles. The Bertz CT molecular complexity index is 1110. The highest BCUT2D eigenvalue weighted by Gasteiger charge is 2.43. The van der Waals surface area contributed by atoms with Gasteiger partial charge in [0.05, 0.1) is 17.9 Å². The third kappa shape index (κ3) is 5.01. The third-order valence-electron chi connectivity index (χ3n) is 5.79. The normalized spacial score (nSPS) is 19.0. The van der Waals surface area contributed by atoms with Crippen LogP contribution >= 0.6 is 11.0 Å². The number of nitrogens with zero attached hydrogens (tertiary/aromatic N) is 4. The van der Waals surface area contributed by atoms with Gasteiger partial charge in [-0.15, -0.1) is 0 Å². The molecule has 0 unspecified atom stereocenters. The van der Waals surface area contributed by atoms with Gasteiger partial charge in [0, 0.05) is 32.7 Å². The fourth-order valence-electron chi connectivity index (χ4n) is 4.10. The minimum Gasteiger partial charge on any atom is -0.444 e. The standard InChI is InChI=1S/C23H29F3N4O4S/c1-23(2,3)34-22(31)28-13-10-27(11-14-28)12-15-29-17-6-4-5-7-18(17)30(35(29,32)33)19-9-8-16(24)20(25)21(19)26/h4-9,32-33H,10-15H2,1-3H3. The van der Waals surface area contributed by atoms with Gasteiger partial charge in [-0.25, -0.2) is 22.3 Å². The van der Waals surface area contributed by atoms with Gasteiger partial charge < -0.3 is 9.64 Å². The van der Waals surface area contributed by atoms with Crippen molar-refractivity contribution in [2.45, 2.75) is 26.4 Å². The van der Waals surface area contributed by atoms with E-state index in [1.54, 1.807) is 29.2 Å². The Balaban J connectivity index is 1.48. The summed E-state index contributed by atoms with van der Waals surface area (Å²) in [4.78, 5) is 16.0. The first kappa shape index (κ1) is 25.4. The summed E-state index contributed by atoms with van der Waals surface area (Å²) >= 11 is 0. The predicted molar refractivity (Wildman–Crippen MR) is 129 cm³/mol. The first-order valence-corrected chi connectivity index (χ1v) is 12.7. The average Bonchev–Trinajstić information content (AvgIpc) is 3.01. The predicted octanol–water partition coefficient (Wildman–Crippen LogP) is 5.20. The fraction of sp³-hybridized carbons (Fsp3) is 0.435. The van der Waals surface area contributed by atoms with E-state index in [1.165, 1.54) is 4.31 Å². The average molecular weight is 515 g/mol. The molecule has 2 heterocycles. The molecule has 1 saturated heterocycles. The van der Waals surface area contributed by atoms with Gasteiger partial charge in [0.1, 0.15) is 11.3 Å². The van der Waals surface area contributed by atoms with Crippen LogP contribution in [0.15, 0.2) is 36.4 Å². The van der Waals surface area contributed by atoms with Crippen molar-refractivity contribution in [2.24, 2.45) is 0 Å². The maximum absolute atomic E-state index is 14.6. The smallest absolute Gasteiger partial charge is 0.410 e. The van der Waals surface area contributed by atoms with Crippen LogP contribution in [0.4, 0.5) is 35.0 Å². The van der Waals surface area contributed by atoms with E-state index in [4.69, 9.17) is 4.74 Å². The number of hydrogen-bond donors (Lipinski definition) is 2. The Morgan fingerprint density at radius 2 is 1.54 bits per heavy atom. The first-order chi connectivity index (χ1) is 16.4. The summed E-state index contributed by atoms with van der Waals surface area (Å²) in [5.41, 5.74) is -0.342. The van der Waals surface area contributed by atoms with E-state index in [0.29, 0.717) is 38.4 Å². The Morgan fingerprint density at radius 3 is 2.17 bits per heavy atom. The molecular formula is C23H29F3N4O4S. The number of rotatable bonds is 4. The number of anilines is 3. The maximum atomic E-state index is 14.6. The second-order valence-corrected chi connectivity index (χ2v) is 11.2. The van der Waals surface area contributed by atoms with Crippen LogP contribution in [0.2, 0.25) is 0 Å². The highest BCUT2D eigenvalue weighted by Crippen LogP contribution is 2.64. The number of amides is 1. The third-order valence-corrected chi connectivity index (χ3v) is 7.64. The molecule has 0 saturated carbocycles. The van der Waals surface area contributed by atoms with Gasteiger partial charge in [-0.2, -0.15) is 0 Å². The van der Waals surface area contributed by atoms with Crippen molar-refractivity contribution in [3.05, 3.63) is 53.8 Å². The van der Waals surface area contributed by atoms with E-state index in [0.717, 1.165) is 16.4 Å². The molecule has 0 spiro atoms. The Labute approximate surface area is 204 Å². The number of hydrogen-bond acceptors (Lipinski definition) is 7. The molecule has 4 rings (SSSR count). The molecule has 2 N–H and O–H groups in total. The molecule has 0 aromatic heterocycles. The van der Waals surface area contributed by atoms with Gasteiger partial charge >= 0.3 is 6.09 Å². The van der Waals surface area contributed by atoms with Crippen LogP contribution in [0.3, 0.4) is 0 Å². The van der Waals surface area contributed by atoms with Crippen LogP contribution in [0.1, 0.15) is 20.8 Å². The number of benzene rings is 2. The summed E-state index contributed by atoms with van der Waals surface area (Å²) in [5.74, 6) is -4.55. The van der Waals surface area contributed by atoms with E-state index in [2.05, 4.69) is 4.90 Å². The van der Waals surface area contributed by atoms with Crippen LogP contribution in [-0.4, -0.2) is 69.9 Å². The Kier molecular flexibility index (Phi) is 6.84. The van der Waals surface area contributed by atoms with Crippen LogP contribution in [-0.2, 0) is 4.74 Å². The highest BCUT2D eigenvalue weighted by molar-refractivity contribution is 8.27. The van der Waals surface area contributed by atoms with Crippen molar-refractivity contribution in [1.29, 1.82) is 0 Å². The highest BCUT2D eigenvalue weighted by atomic mass is 32.3. The molecule has 35 heavy (non-hydrogen) atoms. The molecule has 1 amide bonds. The topological polar surface area (TPSA) is 79.7 Å². The SMILES string of the molecule is CC(C)(C)OC(=O)N1CCN(CCN2c3ccccc3N(c3ccc(F)c(F)c3F)S2(O)O)CC1. The molecule has 8 nitrogen and oxygen atoms in total. The number of carbonyl (C=O) groups excluding carboxylic acids is 1. The second kappa shape index (κ2) is 9.41. The maximum Gasteiger partial charge on any atom is 0.410 e. The number of halogens is 3. The van der Waals surface area contributed by atoms with Gasteiger partial charge in [-0.1, -0.05) is 12.1 Å². The van der Waals surface area contributed by atoms with Gasteiger partial charge in [-0.3, -0.25) is 18.3 Å². The van der Waals surface area contributed by atoms with Crippen LogP contribution in [0.5, 0.6) is 0 Å². The molecular weight excluding hydrogens is 485 g/mol. The number of ether oxygens (including phenoxy) is 1. The lowest BCUT2D eigenvalue weighted by atomic mass is 10.2. The van der Waals surface area contributed by atoms with Crippen molar-refractivity contribution in [3.8, 4) is 0 Å². The van der Waals surface area contributed by atoms with E-state index in [9.17, 15) is 27.1 Å². The minimum absolute atomic E-state index is 0.174. The zero-order chi connectivity index (χ0) is 25.5. The molecule has 0 aliphatic carbocycles. The van der Waals surface area contributed by atoms with Crippen molar-refractivity contribution in [3.63, 3.8) is 0 Å². The fourth-order valence-corrected chi connectivity index (χ4v) is 5.86. The molecule has 0 atom stereocenters. The summed E-state index contributed by atoms with van der Waals surface area (Å²) in [5, 5.41) is 0. The Hall–Kier alpha value is -2.67. The molecule has 1 fully saturated rings. The number of piperazine rings is 1. The molecule has 192 valence electrons.